The van der Waals surface area contributed by atoms with Crippen LogP contribution in [0.4, 0.5) is 0 Å². The molecule has 2 aliphatic rings. The van der Waals surface area contributed by atoms with Gasteiger partial charge in [-0.05, 0) is 44.2 Å². The van der Waals surface area contributed by atoms with Crippen LogP contribution in [0.2, 0.25) is 0 Å². The molecule has 6 nitrogen and oxygen atoms in total. The van der Waals surface area contributed by atoms with Crippen LogP contribution in [0.1, 0.15) is 42.3 Å². The molecule has 7 heteroatoms. The molecule has 0 radical (unpaired) electrons. The van der Waals surface area contributed by atoms with Crippen molar-refractivity contribution in [2.45, 2.75) is 38.0 Å². The number of rotatable bonds is 1. The van der Waals surface area contributed by atoms with E-state index >= 15 is 0 Å². The number of piperidine rings is 1. The highest BCUT2D eigenvalue weighted by atomic mass is 32.1. The SMILES string of the molecule is O=c1[nH]c([C@@H]2CCCNC2)nc2c3c(sc12)-c1c[nH]nc1CCC3. The van der Waals surface area contributed by atoms with Gasteiger partial charge in [-0.15, -0.1) is 11.3 Å². The van der Waals surface area contributed by atoms with Crippen LogP contribution < -0.4 is 10.9 Å². The Labute approximate surface area is 142 Å². The minimum atomic E-state index is 0.00342. The zero-order valence-electron chi connectivity index (χ0n) is 13.3. The van der Waals surface area contributed by atoms with Crippen molar-refractivity contribution in [2.24, 2.45) is 0 Å². The summed E-state index contributed by atoms with van der Waals surface area (Å²) >= 11 is 1.56. The molecule has 0 spiro atoms. The van der Waals surface area contributed by atoms with Crippen LogP contribution in [0.15, 0.2) is 11.0 Å². The number of nitrogens with one attached hydrogen (secondary N) is 3. The normalized spacial score (nSPS) is 20.6. The summed E-state index contributed by atoms with van der Waals surface area (Å²) in [6.45, 7) is 1.95. The summed E-state index contributed by atoms with van der Waals surface area (Å²) in [5.41, 5.74) is 4.39. The minimum Gasteiger partial charge on any atom is -0.316 e. The molecule has 0 unspecified atom stereocenters. The number of thiophene rings is 1. The molecule has 1 atom stereocenters. The fraction of sp³-hybridized carbons (Fsp3) is 0.471. The molecule has 3 aromatic rings. The topological polar surface area (TPSA) is 86.5 Å². The van der Waals surface area contributed by atoms with E-state index in [1.165, 1.54) is 10.4 Å². The third kappa shape index (κ3) is 2.15. The summed E-state index contributed by atoms with van der Waals surface area (Å²) in [7, 11) is 0. The summed E-state index contributed by atoms with van der Waals surface area (Å²) in [6.07, 6.45) is 7.15. The van der Waals surface area contributed by atoms with Gasteiger partial charge in [-0.2, -0.15) is 5.10 Å². The molecule has 0 saturated carbocycles. The summed E-state index contributed by atoms with van der Waals surface area (Å²) in [6, 6.07) is 0. The smallest absolute Gasteiger partial charge is 0.268 e. The zero-order valence-corrected chi connectivity index (χ0v) is 14.1. The minimum absolute atomic E-state index is 0.00342. The van der Waals surface area contributed by atoms with Gasteiger partial charge in [0.25, 0.3) is 5.56 Å². The van der Waals surface area contributed by atoms with E-state index in [-0.39, 0.29) is 5.56 Å². The molecule has 0 bridgehead atoms. The Kier molecular flexibility index (Phi) is 3.31. The Morgan fingerprint density at radius 2 is 2.21 bits per heavy atom. The van der Waals surface area contributed by atoms with Crippen molar-refractivity contribution >= 4 is 21.6 Å². The van der Waals surface area contributed by atoms with E-state index in [4.69, 9.17) is 4.98 Å². The number of aromatic nitrogens is 4. The summed E-state index contributed by atoms with van der Waals surface area (Å²) in [4.78, 5) is 21.8. The Morgan fingerprint density at radius 1 is 1.25 bits per heavy atom. The molecule has 124 valence electrons. The van der Waals surface area contributed by atoms with E-state index in [1.807, 2.05) is 6.20 Å². The first-order valence-electron chi connectivity index (χ1n) is 8.60. The maximum atomic E-state index is 12.7. The predicted octanol–water partition coefficient (Wildman–Crippen LogP) is 2.33. The predicted molar refractivity (Wildman–Crippen MR) is 94.7 cm³/mol. The fourth-order valence-corrected chi connectivity index (χ4v) is 5.14. The first-order valence-corrected chi connectivity index (χ1v) is 9.42. The first-order chi connectivity index (χ1) is 11.8. The van der Waals surface area contributed by atoms with Crippen LogP contribution in [-0.2, 0) is 12.8 Å². The van der Waals surface area contributed by atoms with Crippen LogP contribution in [0, 0.1) is 0 Å². The highest BCUT2D eigenvalue weighted by Crippen LogP contribution is 2.40. The molecule has 24 heavy (non-hydrogen) atoms. The molecule has 1 aliphatic carbocycles. The van der Waals surface area contributed by atoms with E-state index in [2.05, 4.69) is 20.5 Å². The van der Waals surface area contributed by atoms with Gasteiger partial charge in [0.15, 0.2) is 0 Å². The van der Waals surface area contributed by atoms with Crippen molar-refractivity contribution in [3.8, 4) is 10.4 Å². The second-order valence-electron chi connectivity index (χ2n) is 6.68. The maximum Gasteiger partial charge on any atom is 0.268 e. The number of hydrogen-bond acceptors (Lipinski definition) is 5. The van der Waals surface area contributed by atoms with Gasteiger partial charge in [0, 0.05) is 29.1 Å². The van der Waals surface area contributed by atoms with Crippen LogP contribution in [0.5, 0.6) is 0 Å². The Bertz CT molecular complexity index is 963. The van der Waals surface area contributed by atoms with Gasteiger partial charge < -0.3 is 10.3 Å². The number of aromatic amines is 2. The van der Waals surface area contributed by atoms with Crippen molar-refractivity contribution in [3.05, 3.63) is 33.6 Å². The Morgan fingerprint density at radius 3 is 3.08 bits per heavy atom. The molecule has 0 aromatic carbocycles. The van der Waals surface area contributed by atoms with Crippen molar-refractivity contribution in [3.63, 3.8) is 0 Å². The van der Waals surface area contributed by atoms with Crippen LogP contribution in [0.25, 0.3) is 20.7 Å². The van der Waals surface area contributed by atoms with Gasteiger partial charge in [-0.25, -0.2) is 4.98 Å². The van der Waals surface area contributed by atoms with Gasteiger partial charge in [0.2, 0.25) is 0 Å². The van der Waals surface area contributed by atoms with Crippen LogP contribution in [0.3, 0.4) is 0 Å². The third-order valence-corrected chi connectivity index (χ3v) is 6.40. The summed E-state index contributed by atoms with van der Waals surface area (Å²) in [5, 5.41) is 10.7. The molecular formula is C17H19N5OS. The lowest BCUT2D eigenvalue weighted by atomic mass is 9.98. The van der Waals surface area contributed by atoms with Crippen molar-refractivity contribution in [2.75, 3.05) is 13.1 Å². The summed E-state index contributed by atoms with van der Waals surface area (Å²) in [5.74, 6) is 1.15. The van der Waals surface area contributed by atoms with Crippen molar-refractivity contribution in [1.82, 2.24) is 25.5 Å². The molecule has 3 N–H and O–H groups in total. The number of nitrogens with zero attached hydrogens (tertiary/aromatic N) is 2. The van der Waals surface area contributed by atoms with E-state index < -0.39 is 0 Å². The number of fused-ring (bicyclic) bond motifs is 5. The second-order valence-corrected chi connectivity index (χ2v) is 7.70. The monoisotopic (exact) mass is 341 g/mol. The average Bonchev–Trinajstić information content (AvgIpc) is 3.17. The number of hydrogen-bond donors (Lipinski definition) is 3. The van der Waals surface area contributed by atoms with Gasteiger partial charge in [0.1, 0.15) is 10.5 Å². The van der Waals surface area contributed by atoms with E-state index in [0.717, 1.165) is 72.5 Å². The first kappa shape index (κ1) is 14.4. The fourth-order valence-electron chi connectivity index (χ4n) is 3.92. The standard InChI is InChI=1S/C17H19N5OS/c23-17-15-13(20-16(21-17)9-3-2-6-18-7-9)10-4-1-5-12-11(8-19-22-12)14(10)24-15/h8-9,18H,1-7H2,(H,19,22)(H,20,21,23)/t9-/m1/s1. The van der Waals surface area contributed by atoms with Gasteiger partial charge in [0.05, 0.1) is 11.2 Å². The van der Waals surface area contributed by atoms with Gasteiger partial charge >= 0.3 is 0 Å². The van der Waals surface area contributed by atoms with Crippen molar-refractivity contribution < 1.29 is 0 Å². The largest absolute Gasteiger partial charge is 0.316 e. The molecular weight excluding hydrogens is 322 g/mol. The molecule has 1 aliphatic heterocycles. The van der Waals surface area contributed by atoms with Crippen molar-refractivity contribution in [1.29, 1.82) is 0 Å². The van der Waals surface area contributed by atoms with Crippen LogP contribution >= 0.6 is 11.3 Å². The maximum absolute atomic E-state index is 12.7. The highest BCUT2D eigenvalue weighted by molar-refractivity contribution is 7.22. The molecule has 1 saturated heterocycles. The second kappa shape index (κ2) is 5.53. The molecule has 1 fully saturated rings. The quantitative estimate of drug-likeness (QED) is 0.634. The number of aryl methyl sites for hydroxylation is 2. The van der Waals surface area contributed by atoms with Crippen LogP contribution in [-0.4, -0.2) is 33.3 Å². The van der Waals surface area contributed by atoms with Gasteiger partial charge in [-0.3, -0.25) is 9.89 Å². The average molecular weight is 341 g/mol. The van der Waals surface area contributed by atoms with E-state index in [9.17, 15) is 4.79 Å². The Hall–Kier alpha value is -1.99. The lowest BCUT2D eigenvalue weighted by molar-refractivity contribution is 0.447. The van der Waals surface area contributed by atoms with Gasteiger partial charge in [-0.1, -0.05) is 0 Å². The zero-order chi connectivity index (χ0) is 16.1. The highest BCUT2D eigenvalue weighted by Gasteiger charge is 2.25. The molecule has 4 heterocycles. The summed E-state index contributed by atoms with van der Waals surface area (Å²) < 4.78 is 0.751. The molecule has 0 amide bonds. The lowest BCUT2D eigenvalue weighted by Crippen LogP contribution is -2.30. The van der Waals surface area contributed by atoms with E-state index in [1.54, 1.807) is 11.3 Å². The number of H-pyrrole nitrogens is 2. The molecule has 3 aromatic heterocycles. The molecule has 5 rings (SSSR count). The van der Waals surface area contributed by atoms with E-state index in [0.29, 0.717) is 5.92 Å². The lowest BCUT2D eigenvalue weighted by Gasteiger charge is -2.21. The Balaban J connectivity index is 1.71. The third-order valence-electron chi connectivity index (χ3n) is 5.15.